The number of fused-ring (bicyclic) bond motifs is 4. The summed E-state index contributed by atoms with van der Waals surface area (Å²) in [5.74, 6) is 6.38. The van der Waals surface area contributed by atoms with Gasteiger partial charge < -0.3 is 39.0 Å². The molecule has 0 aliphatic carbocycles. The average molecular weight is 848 g/mol. The van der Waals surface area contributed by atoms with Crippen LogP contribution in [0, 0.1) is 10.8 Å². The quantitative estimate of drug-likeness (QED) is 0.0763. The summed E-state index contributed by atoms with van der Waals surface area (Å²) in [5, 5.41) is 3.44. The summed E-state index contributed by atoms with van der Waals surface area (Å²) in [6.07, 6.45) is 3.47. The van der Waals surface area contributed by atoms with Crippen LogP contribution in [0.2, 0.25) is 0 Å². The Morgan fingerprint density at radius 3 is 2.05 bits per heavy atom. The maximum atomic E-state index is 14.0. The Morgan fingerprint density at radius 1 is 0.823 bits per heavy atom. The molecule has 4 heterocycles. The summed E-state index contributed by atoms with van der Waals surface area (Å²) in [4.78, 5) is 63.7. The first kappa shape index (κ1) is 43.7. The van der Waals surface area contributed by atoms with Gasteiger partial charge in [0.25, 0.3) is 11.8 Å². The monoisotopic (exact) mass is 847 g/mol. The molecule has 2 atom stereocenters. The van der Waals surface area contributed by atoms with Crippen LogP contribution in [0.5, 0.6) is 23.0 Å². The highest BCUT2D eigenvalue weighted by Crippen LogP contribution is 2.41. The van der Waals surface area contributed by atoms with E-state index in [2.05, 4.69) is 28.9 Å². The van der Waals surface area contributed by atoms with Gasteiger partial charge in [0.1, 0.15) is 13.2 Å². The Balaban J connectivity index is 1.16. The Morgan fingerprint density at radius 2 is 1.40 bits per heavy atom. The van der Waals surface area contributed by atoms with Crippen molar-refractivity contribution in [3.63, 3.8) is 0 Å². The fourth-order valence-electron chi connectivity index (χ4n) is 9.18. The lowest BCUT2D eigenvalue weighted by molar-refractivity contribution is -0.143. The number of carbonyl (C=O) groups excluding carboxylic acids is 4. The van der Waals surface area contributed by atoms with E-state index in [9.17, 15) is 19.2 Å². The van der Waals surface area contributed by atoms with Gasteiger partial charge in [-0.2, -0.15) is 0 Å². The van der Waals surface area contributed by atoms with Crippen molar-refractivity contribution in [2.75, 3.05) is 46.2 Å². The number of nitrogens with one attached hydrogen (secondary N) is 2. The second kappa shape index (κ2) is 17.2. The van der Waals surface area contributed by atoms with Gasteiger partial charge in [0.15, 0.2) is 23.0 Å². The van der Waals surface area contributed by atoms with Crippen LogP contribution in [0.3, 0.4) is 0 Å². The zero-order chi connectivity index (χ0) is 44.7. The van der Waals surface area contributed by atoms with Crippen molar-refractivity contribution in [2.24, 2.45) is 21.7 Å². The van der Waals surface area contributed by atoms with Crippen LogP contribution < -0.4 is 35.5 Å². The van der Waals surface area contributed by atoms with E-state index in [1.807, 2.05) is 36.9 Å². The molecule has 7 rings (SSSR count). The van der Waals surface area contributed by atoms with Crippen molar-refractivity contribution in [3.05, 3.63) is 94.6 Å². The second-order valence-electron chi connectivity index (χ2n) is 18.0. The number of hydrogen-bond donors (Lipinski definition) is 3. The summed E-state index contributed by atoms with van der Waals surface area (Å²) in [6.45, 7) is 17.4. The molecule has 3 aromatic carbocycles. The Hall–Kier alpha value is -6.35. The first-order valence-electron chi connectivity index (χ1n) is 20.7. The Labute approximate surface area is 362 Å². The molecular weight excluding hydrogens is 791 g/mol. The molecule has 4 amide bonds. The molecule has 15 nitrogen and oxygen atoms in total. The van der Waals surface area contributed by atoms with Gasteiger partial charge in [0.2, 0.25) is 11.8 Å². The number of hydrogen-bond acceptors (Lipinski definition) is 11. The lowest BCUT2D eigenvalue weighted by Crippen LogP contribution is -2.46. The molecule has 0 radical (unpaired) electrons. The van der Waals surface area contributed by atoms with Gasteiger partial charge in [-0.25, -0.2) is 5.84 Å². The maximum absolute atomic E-state index is 14.0. The number of amides is 4. The number of methoxy groups -OCH3 is 2. The van der Waals surface area contributed by atoms with E-state index in [1.165, 1.54) is 14.2 Å². The standard InChI is InChI=1S/C47H57N7O8/c1-27-10-32-19-49-36-17-40(38(59-8)15-34(36)42(55)53(32)21-27)61-24-30-12-29(23-52(7)45(58)47(5,6)26-46(3,4)44(57)51-48)13-31(14-30)25-62-41-18-37-35(16-39(41)60-9)43(56)54-22-28(2)11-33(54)20-50-37/h12-19,32-33,50H,1-2,10-11,20-26,48H2,3-9H3,(H,51,57). The zero-order valence-corrected chi connectivity index (χ0v) is 36.7. The molecule has 62 heavy (non-hydrogen) atoms. The van der Waals surface area contributed by atoms with Gasteiger partial charge in [-0.3, -0.25) is 29.6 Å². The lowest BCUT2D eigenvalue weighted by Gasteiger charge is -2.35. The predicted octanol–water partition coefficient (Wildman–Crippen LogP) is 5.94. The van der Waals surface area contributed by atoms with Crippen LogP contribution in [0.1, 0.15) is 84.4 Å². The SMILES string of the molecule is C=C1CC2C=Nc3cc(OCc4cc(COc5cc6c(cc5OC)C(=O)N5CC(=C)CC5CN6)cc(CN(C)C(=O)C(C)(C)CC(C)(C)C(=O)NN)c4)c(OC)cc3C(=O)N2C1. The fourth-order valence-corrected chi connectivity index (χ4v) is 9.18. The number of anilines is 1. The van der Waals surface area contributed by atoms with Crippen LogP contribution in [0.15, 0.2) is 71.8 Å². The molecule has 4 aliphatic rings. The minimum Gasteiger partial charge on any atom is -0.493 e. The number of benzene rings is 3. The summed E-state index contributed by atoms with van der Waals surface area (Å²) in [7, 11) is 4.80. The number of aliphatic imine (C=N–C) groups is 1. The Kier molecular flexibility index (Phi) is 12.1. The summed E-state index contributed by atoms with van der Waals surface area (Å²) >= 11 is 0. The molecule has 0 aromatic heterocycles. The van der Waals surface area contributed by atoms with Crippen molar-refractivity contribution in [3.8, 4) is 23.0 Å². The number of rotatable bonds is 14. The zero-order valence-electron chi connectivity index (χ0n) is 36.7. The highest BCUT2D eigenvalue weighted by molar-refractivity contribution is 6.04. The maximum Gasteiger partial charge on any atom is 0.257 e. The van der Waals surface area contributed by atoms with Crippen molar-refractivity contribution in [1.29, 1.82) is 0 Å². The van der Waals surface area contributed by atoms with Gasteiger partial charge in [0.05, 0.1) is 48.8 Å². The van der Waals surface area contributed by atoms with Crippen LogP contribution >= 0.6 is 0 Å². The van der Waals surface area contributed by atoms with E-state index < -0.39 is 10.8 Å². The van der Waals surface area contributed by atoms with Crippen LogP contribution in [-0.2, 0) is 29.3 Å². The van der Waals surface area contributed by atoms with E-state index in [0.29, 0.717) is 71.6 Å². The molecule has 2 unspecified atom stereocenters. The first-order chi connectivity index (χ1) is 29.4. The molecule has 15 heteroatoms. The smallest absolute Gasteiger partial charge is 0.257 e. The van der Waals surface area contributed by atoms with E-state index >= 15 is 0 Å². The molecule has 2 saturated heterocycles. The second-order valence-corrected chi connectivity index (χ2v) is 18.0. The third-order valence-electron chi connectivity index (χ3n) is 12.0. The van der Waals surface area contributed by atoms with E-state index in [0.717, 1.165) is 34.3 Å². The normalized spacial score (nSPS) is 18.2. The highest BCUT2D eigenvalue weighted by Gasteiger charge is 2.40. The van der Waals surface area contributed by atoms with Crippen molar-refractivity contribution < 1.29 is 38.1 Å². The molecule has 4 N–H and O–H groups in total. The molecule has 0 spiro atoms. The fraction of sp³-hybridized carbons (Fsp3) is 0.426. The van der Waals surface area contributed by atoms with Gasteiger partial charge in [-0.1, -0.05) is 64.1 Å². The third-order valence-corrected chi connectivity index (χ3v) is 12.0. The molecular formula is C47H57N7O8. The number of ether oxygens (including phenoxy) is 4. The Bertz CT molecular complexity index is 2370. The highest BCUT2D eigenvalue weighted by atomic mass is 16.5. The first-order valence-corrected chi connectivity index (χ1v) is 20.7. The van der Waals surface area contributed by atoms with Crippen molar-refractivity contribution >= 4 is 41.2 Å². The van der Waals surface area contributed by atoms with Crippen molar-refractivity contribution in [1.82, 2.24) is 20.1 Å². The topological polar surface area (TPSA) is 177 Å². The molecule has 2 fully saturated rings. The average Bonchev–Trinajstić information content (AvgIpc) is 3.75. The van der Waals surface area contributed by atoms with Gasteiger partial charge in [-0.05, 0) is 54.2 Å². The minimum absolute atomic E-state index is 0.0215. The van der Waals surface area contributed by atoms with Crippen molar-refractivity contribution in [2.45, 2.75) is 78.8 Å². The molecule has 3 aromatic rings. The molecule has 4 aliphatic heterocycles. The number of carbonyl (C=O) groups is 4. The van der Waals surface area contributed by atoms with Crippen LogP contribution in [-0.4, -0.2) is 97.5 Å². The molecule has 0 saturated carbocycles. The molecule has 328 valence electrons. The third kappa shape index (κ3) is 8.85. The van der Waals surface area contributed by atoms with Gasteiger partial charge >= 0.3 is 0 Å². The number of nitrogens with zero attached hydrogens (tertiary/aromatic N) is 4. The van der Waals surface area contributed by atoms with E-state index in [1.54, 1.807) is 61.2 Å². The number of hydrazine groups is 1. The summed E-state index contributed by atoms with van der Waals surface area (Å²) in [5.41, 5.74) is 6.90. The number of nitrogens with two attached hydrogens (primary N) is 1. The summed E-state index contributed by atoms with van der Waals surface area (Å²) in [6, 6.07) is 12.7. The van der Waals surface area contributed by atoms with Crippen LogP contribution in [0.4, 0.5) is 11.4 Å². The summed E-state index contributed by atoms with van der Waals surface area (Å²) < 4.78 is 24.3. The largest absolute Gasteiger partial charge is 0.493 e. The van der Waals surface area contributed by atoms with Crippen LogP contribution in [0.25, 0.3) is 0 Å². The van der Waals surface area contributed by atoms with E-state index in [4.69, 9.17) is 24.8 Å². The van der Waals surface area contributed by atoms with Gasteiger partial charge in [-0.15, -0.1) is 0 Å². The minimum atomic E-state index is -0.895. The molecule has 0 bridgehead atoms. The predicted molar refractivity (Wildman–Crippen MR) is 236 cm³/mol. The van der Waals surface area contributed by atoms with E-state index in [-0.39, 0.29) is 61.9 Å². The van der Waals surface area contributed by atoms with Gasteiger partial charge in [0, 0.05) is 62.4 Å². The lowest BCUT2D eigenvalue weighted by atomic mass is 9.74.